The van der Waals surface area contributed by atoms with Crippen LogP contribution >= 0.6 is 11.6 Å². The van der Waals surface area contributed by atoms with Crippen molar-refractivity contribution in [1.29, 1.82) is 0 Å². The van der Waals surface area contributed by atoms with Crippen molar-refractivity contribution in [2.45, 2.75) is 19.5 Å². The summed E-state index contributed by atoms with van der Waals surface area (Å²) in [5, 5.41) is 8.43. The molecule has 3 rings (SSSR count). The molecule has 1 aromatic heterocycles. The van der Waals surface area contributed by atoms with E-state index in [1.165, 1.54) is 4.68 Å². The molecule has 128 valence electrons. The molecule has 1 atom stereocenters. The number of rotatable bonds is 5. The van der Waals surface area contributed by atoms with E-state index in [9.17, 15) is 4.79 Å². The zero-order valence-electron chi connectivity index (χ0n) is 13.6. The number of nitrogens with zero attached hydrogens (tertiary/aromatic N) is 3. The lowest BCUT2D eigenvalue weighted by Gasteiger charge is -2.32. The van der Waals surface area contributed by atoms with Gasteiger partial charge in [0.15, 0.2) is 0 Å². The molecule has 1 aliphatic heterocycles. The normalized spacial score (nSPS) is 17.8. The van der Waals surface area contributed by atoms with Crippen LogP contribution in [0.5, 0.6) is 5.75 Å². The third-order valence-electron chi connectivity index (χ3n) is 3.94. The van der Waals surface area contributed by atoms with Gasteiger partial charge < -0.3 is 15.0 Å². The fraction of sp³-hybridized carbons (Fsp3) is 0.412. The van der Waals surface area contributed by atoms with E-state index in [1.807, 2.05) is 12.1 Å². The molecule has 0 radical (unpaired) electrons. The van der Waals surface area contributed by atoms with Gasteiger partial charge in [-0.25, -0.2) is 4.68 Å². The summed E-state index contributed by atoms with van der Waals surface area (Å²) >= 11 is 6.06. The molecule has 2 heterocycles. The highest BCUT2D eigenvalue weighted by Crippen LogP contribution is 2.22. The molecule has 24 heavy (non-hydrogen) atoms. The first kappa shape index (κ1) is 16.8. The zero-order chi connectivity index (χ0) is 16.9. The van der Waals surface area contributed by atoms with Gasteiger partial charge in [0.05, 0.1) is 11.6 Å². The van der Waals surface area contributed by atoms with Crippen LogP contribution in [-0.4, -0.2) is 42.1 Å². The summed E-state index contributed by atoms with van der Waals surface area (Å²) in [7, 11) is 0. The lowest BCUT2D eigenvalue weighted by atomic mass is 10.2. The van der Waals surface area contributed by atoms with E-state index in [1.54, 1.807) is 24.3 Å². The second kappa shape index (κ2) is 7.68. The highest BCUT2D eigenvalue weighted by Gasteiger charge is 2.17. The maximum absolute atomic E-state index is 12.0. The van der Waals surface area contributed by atoms with Gasteiger partial charge in [0.1, 0.15) is 18.2 Å². The molecule has 0 bridgehead atoms. The maximum atomic E-state index is 12.0. The van der Waals surface area contributed by atoms with Crippen molar-refractivity contribution < 1.29 is 4.74 Å². The monoisotopic (exact) mass is 348 g/mol. The van der Waals surface area contributed by atoms with E-state index >= 15 is 0 Å². The molecule has 1 N–H and O–H groups in total. The summed E-state index contributed by atoms with van der Waals surface area (Å²) in [6, 6.07) is 11.0. The van der Waals surface area contributed by atoms with Crippen LogP contribution in [0.3, 0.4) is 0 Å². The van der Waals surface area contributed by atoms with Crippen LogP contribution in [0, 0.1) is 0 Å². The Bertz CT molecular complexity index is 749. The number of hydrogen-bond donors (Lipinski definition) is 1. The summed E-state index contributed by atoms with van der Waals surface area (Å²) in [6.45, 7) is 5.52. The number of ether oxygens (including phenoxy) is 1. The molecular weight excluding hydrogens is 328 g/mol. The van der Waals surface area contributed by atoms with Crippen LogP contribution in [0.25, 0.3) is 0 Å². The molecule has 0 aliphatic carbocycles. The molecule has 2 aromatic rings. The van der Waals surface area contributed by atoms with Gasteiger partial charge in [-0.1, -0.05) is 23.7 Å². The van der Waals surface area contributed by atoms with Crippen LogP contribution in [0.2, 0.25) is 5.02 Å². The van der Waals surface area contributed by atoms with Crippen LogP contribution in [0.1, 0.15) is 6.92 Å². The molecule has 0 spiro atoms. The Morgan fingerprint density at radius 1 is 1.33 bits per heavy atom. The minimum Gasteiger partial charge on any atom is -0.490 e. The average Bonchev–Trinajstić information content (AvgIpc) is 2.58. The Hall–Kier alpha value is -2.05. The van der Waals surface area contributed by atoms with Crippen LogP contribution in [-0.2, 0) is 6.54 Å². The fourth-order valence-electron chi connectivity index (χ4n) is 2.71. The molecule has 7 heteroatoms. The highest BCUT2D eigenvalue weighted by molar-refractivity contribution is 6.32. The van der Waals surface area contributed by atoms with Gasteiger partial charge in [-0.2, -0.15) is 5.10 Å². The minimum absolute atomic E-state index is 0.135. The molecular formula is C17H21ClN4O2. The van der Waals surface area contributed by atoms with Gasteiger partial charge in [-0.3, -0.25) is 4.79 Å². The summed E-state index contributed by atoms with van der Waals surface area (Å²) in [6.07, 6.45) is 0. The van der Waals surface area contributed by atoms with Crippen molar-refractivity contribution in [3.63, 3.8) is 0 Å². The molecule has 6 nitrogen and oxygen atoms in total. The maximum Gasteiger partial charge on any atom is 0.266 e. The number of benzene rings is 1. The summed E-state index contributed by atoms with van der Waals surface area (Å²) in [4.78, 5) is 14.2. The molecule has 0 unspecified atom stereocenters. The molecule has 1 aromatic carbocycles. The third-order valence-corrected chi connectivity index (χ3v) is 4.25. The predicted molar refractivity (Wildman–Crippen MR) is 95.1 cm³/mol. The molecule has 1 aliphatic rings. The Balaban J connectivity index is 1.66. The smallest absolute Gasteiger partial charge is 0.266 e. The first-order valence-corrected chi connectivity index (χ1v) is 8.45. The summed E-state index contributed by atoms with van der Waals surface area (Å²) in [5.41, 5.74) is -0.135. The van der Waals surface area contributed by atoms with Crippen molar-refractivity contribution in [2.24, 2.45) is 0 Å². The van der Waals surface area contributed by atoms with Crippen molar-refractivity contribution >= 4 is 17.4 Å². The zero-order valence-corrected chi connectivity index (χ0v) is 14.4. The van der Waals surface area contributed by atoms with Gasteiger partial charge in [-0.05, 0) is 25.1 Å². The minimum atomic E-state index is -0.135. The van der Waals surface area contributed by atoms with Crippen molar-refractivity contribution in [2.75, 3.05) is 31.1 Å². The molecule has 1 saturated heterocycles. The highest BCUT2D eigenvalue weighted by atomic mass is 35.5. The van der Waals surface area contributed by atoms with E-state index < -0.39 is 0 Å². The quantitative estimate of drug-likeness (QED) is 0.892. The van der Waals surface area contributed by atoms with Gasteiger partial charge in [0.25, 0.3) is 5.56 Å². The molecule has 1 fully saturated rings. The number of para-hydroxylation sites is 1. The van der Waals surface area contributed by atoms with Crippen LogP contribution < -0.4 is 20.5 Å². The third kappa shape index (κ3) is 4.07. The van der Waals surface area contributed by atoms with E-state index in [-0.39, 0.29) is 5.56 Å². The number of halogens is 1. The predicted octanol–water partition coefficient (Wildman–Crippen LogP) is 1.77. The second-order valence-electron chi connectivity index (χ2n) is 5.83. The standard InChI is InChI=1S/C17H21ClN4O2/c1-13-12-21(9-8-19-13)16-6-7-17(23)22(20-16)10-11-24-15-5-3-2-4-14(15)18/h2-7,13,19H,8-12H2,1H3/t13-/m0/s1. The fourth-order valence-corrected chi connectivity index (χ4v) is 2.90. The SMILES string of the molecule is C[C@H]1CN(c2ccc(=O)n(CCOc3ccccc3Cl)n2)CCN1. The number of hydrogen-bond acceptors (Lipinski definition) is 5. The van der Waals surface area contributed by atoms with E-state index in [2.05, 4.69) is 22.2 Å². The van der Waals surface area contributed by atoms with E-state index in [0.717, 1.165) is 25.5 Å². The first-order valence-electron chi connectivity index (χ1n) is 8.07. The lowest BCUT2D eigenvalue weighted by Crippen LogP contribution is -2.50. The average molecular weight is 349 g/mol. The number of piperazine rings is 1. The van der Waals surface area contributed by atoms with Gasteiger partial charge in [0.2, 0.25) is 0 Å². The van der Waals surface area contributed by atoms with Gasteiger partial charge >= 0.3 is 0 Å². The van der Waals surface area contributed by atoms with Gasteiger partial charge in [0, 0.05) is 31.7 Å². The molecule has 0 saturated carbocycles. The number of anilines is 1. The Morgan fingerprint density at radius 3 is 2.96 bits per heavy atom. The largest absolute Gasteiger partial charge is 0.490 e. The first-order chi connectivity index (χ1) is 11.6. The molecule has 0 amide bonds. The Morgan fingerprint density at radius 2 is 2.17 bits per heavy atom. The van der Waals surface area contributed by atoms with Crippen molar-refractivity contribution in [1.82, 2.24) is 15.1 Å². The van der Waals surface area contributed by atoms with Crippen LogP contribution in [0.15, 0.2) is 41.2 Å². The lowest BCUT2D eigenvalue weighted by molar-refractivity contribution is 0.288. The van der Waals surface area contributed by atoms with Gasteiger partial charge in [-0.15, -0.1) is 0 Å². The van der Waals surface area contributed by atoms with E-state index in [4.69, 9.17) is 16.3 Å². The summed E-state index contributed by atoms with van der Waals surface area (Å²) < 4.78 is 7.09. The number of nitrogens with one attached hydrogen (secondary N) is 1. The number of aromatic nitrogens is 2. The van der Waals surface area contributed by atoms with Crippen molar-refractivity contribution in [3.8, 4) is 5.75 Å². The van der Waals surface area contributed by atoms with Crippen LogP contribution in [0.4, 0.5) is 5.82 Å². The Labute approximate surface area is 146 Å². The Kier molecular flexibility index (Phi) is 5.37. The topological polar surface area (TPSA) is 59.4 Å². The van der Waals surface area contributed by atoms with E-state index in [0.29, 0.717) is 30.0 Å². The summed E-state index contributed by atoms with van der Waals surface area (Å²) in [5.74, 6) is 1.43. The second-order valence-corrected chi connectivity index (χ2v) is 6.24. The van der Waals surface area contributed by atoms with Crippen molar-refractivity contribution in [3.05, 3.63) is 51.8 Å².